The van der Waals surface area contributed by atoms with Crippen LogP contribution in [0.5, 0.6) is 17.2 Å². The third-order valence-corrected chi connectivity index (χ3v) is 3.47. The monoisotopic (exact) mass is 272 g/mol. The van der Waals surface area contributed by atoms with Gasteiger partial charge < -0.3 is 20.4 Å². The third kappa shape index (κ3) is 1.57. The Hall–Kier alpha value is -2.53. The molecule has 102 valence electrons. The topological polar surface area (TPSA) is 98.0 Å². The standard InChI is InChI=1S/C15H12O5/c1-6-2-8-12(10(17)3-6)15(20)13-9(14(8)19)4-7(16)5-11(13)18/h2-5,14,16-19H,1H3. The van der Waals surface area contributed by atoms with Crippen molar-refractivity contribution in [1.82, 2.24) is 0 Å². The number of aromatic hydroxyl groups is 3. The number of carbonyl (C=O) groups is 1. The number of benzene rings is 2. The number of ketones is 1. The van der Waals surface area contributed by atoms with Gasteiger partial charge in [-0.15, -0.1) is 0 Å². The quantitative estimate of drug-likeness (QED) is 0.585. The van der Waals surface area contributed by atoms with Gasteiger partial charge in [0.25, 0.3) is 0 Å². The molecule has 0 bridgehead atoms. The van der Waals surface area contributed by atoms with Crippen LogP contribution < -0.4 is 0 Å². The van der Waals surface area contributed by atoms with Gasteiger partial charge in [0.1, 0.15) is 23.4 Å². The van der Waals surface area contributed by atoms with Crippen LogP contribution in [0, 0.1) is 6.92 Å². The summed E-state index contributed by atoms with van der Waals surface area (Å²) in [6, 6.07) is 5.28. The van der Waals surface area contributed by atoms with E-state index in [9.17, 15) is 25.2 Å². The number of aryl methyl sites for hydroxylation is 1. The highest BCUT2D eigenvalue weighted by molar-refractivity contribution is 6.15. The van der Waals surface area contributed by atoms with E-state index in [0.29, 0.717) is 5.56 Å². The van der Waals surface area contributed by atoms with Crippen molar-refractivity contribution >= 4 is 5.78 Å². The largest absolute Gasteiger partial charge is 0.508 e. The van der Waals surface area contributed by atoms with Gasteiger partial charge in [0, 0.05) is 17.2 Å². The number of fused-ring (bicyclic) bond motifs is 2. The summed E-state index contributed by atoms with van der Waals surface area (Å²) < 4.78 is 0. The first-order chi connectivity index (χ1) is 9.40. The lowest BCUT2D eigenvalue weighted by atomic mass is 9.81. The van der Waals surface area contributed by atoms with Crippen molar-refractivity contribution in [2.75, 3.05) is 0 Å². The van der Waals surface area contributed by atoms with Gasteiger partial charge in [0.05, 0.1) is 11.1 Å². The second-order valence-corrected chi connectivity index (χ2v) is 4.91. The van der Waals surface area contributed by atoms with Gasteiger partial charge in [-0.05, 0) is 24.6 Å². The van der Waals surface area contributed by atoms with E-state index in [-0.39, 0.29) is 33.8 Å². The summed E-state index contributed by atoms with van der Waals surface area (Å²) in [5.74, 6) is -1.47. The number of phenols is 3. The summed E-state index contributed by atoms with van der Waals surface area (Å²) in [7, 11) is 0. The van der Waals surface area contributed by atoms with E-state index in [4.69, 9.17) is 0 Å². The smallest absolute Gasteiger partial charge is 0.201 e. The Kier molecular flexibility index (Phi) is 2.49. The molecule has 5 heteroatoms. The Morgan fingerprint density at radius 3 is 2.10 bits per heavy atom. The summed E-state index contributed by atoms with van der Waals surface area (Å²) in [6.07, 6.45) is -1.19. The normalized spacial score (nSPS) is 16.7. The molecule has 0 saturated carbocycles. The second-order valence-electron chi connectivity index (χ2n) is 4.91. The zero-order chi connectivity index (χ0) is 14.6. The highest BCUT2D eigenvalue weighted by atomic mass is 16.3. The minimum atomic E-state index is -1.19. The molecule has 1 aliphatic carbocycles. The van der Waals surface area contributed by atoms with Crippen LogP contribution in [0.15, 0.2) is 24.3 Å². The highest BCUT2D eigenvalue weighted by Crippen LogP contribution is 2.43. The summed E-state index contributed by atoms with van der Waals surface area (Å²) >= 11 is 0. The van der Waals surface area contributed by atoms with Crippen molar-refractivity contribution in [2.24, 2.45) is 0 Å². The number of carbonyl (C=O) groups excluding carboxylic acids is 1. The molecule has 0 spiro atoms. The Balaban J connectivity index is 2.36. The summed E-state index contributed by atoms with van der Waals surface area (Å²) in [5, 5.41) is 39.6. The summed E-state index contributed by atoms with van der Waals surface area (Å²) in [4.78, 5) is 12.4. The molecule has 1 atom stereocenters. The fourth-order valence-electron chi connectivity index (χ4n) is 2.65. The molecule has 0 radical (unpaired) electrons. The van der Waals surface area contributed by atoms with Gasteiger partial charge in [-0.2, -0.15) is 0 Å². The summed E-state index contributed by atoms with van der Waals surface area (Å²) in [6.45, 7) is 1.73. The number of rotatable bonds is 0. The first-order valence-electron chi connectivity index (χ1n) is 6.02. The molecule has 2 aromatic rings. The molecule has 0 heterocycles. The summed E-state index contributed by atoms with van der Waals surface area (Å²) in [5.41, 5.74) is 0.981. The number of aliphatic hydroxyl groups is 1. The Morgan fingerprint density at radius 2 is 1.45 bits per heavy atom. The number of aliphatic hydroxyl groups excluding tert-OH is 1. The second kappa shape index (κ2) is 3.98. The van der Waals surface area contributed by atoms with E-state index in [0.717, 1.165) is 6.07 Å². The molecule has 1 aliphatic rings. The molecule has 0 aliphatic heterocycles. The molecule has 4 N–H and O–H groups in total. The zero-order valence-electron chi connectivity index (χ0n) is 10.6. The highest BCUT2D eigenvalue weighted by Gasteiger charge is 2.34. The zero-order valence-corrected chi connectivity index (χ0v) is 10.6. The molecular weight excluding hydrogens is 260 g/mol. The number of phenolic OH excluding ortho intramolecular Hbond substituents is 3. The average Bonchev–Trinajstić information content (AvgIpc) is 2.34. The molecule has 0 fully saturated rings. The van der Waals surface area contributed by atoms with Crippen LogP contribution in [-0.4, -0.2) is 26.2 Å². The fraction of sp³-hybridized carbons (Fsp3) is 0.133. The van der Waals surface area contributed by atoms with E-state index in [1.54, 1.807) is 13.0 Å². The van der Waals surface area contributed by atoms with Gasteiger partial charge in [-0.25, -0.2) is 0 Å². The molecule has 2 aromatic carbocycles. The van der Waals surface area contributed by atoms with E-state index < -0.39 is 17.6 Å². The van der Waals surface area contributed by atoms with Crippen molar-refractivity contribution < 1.29 is 25.2 Å². The minimum Gasteiger partial charge on any atom is -0.508 e. The maximum Gasteiger partial charge on any atom is 0.201 e. The fourth-order valence-corrected chi connectivity index (χ4v) is 2.65. The lowest BCUT2D eigenvalue weighted by Crippen LogP contribution is -2.20. The molecule has 5 nitrogen and oxygen atoms in total. The van der Waals surface area contributed by atoms with Gasteiger partial charge in [0.15, 0.2) is 0 Å². The predicted octanol–water partition coefficient (Wildman–Crippen LogP) is 1.74. The Labute approximate surface area is 114 Å². The van der Waals surface area contributed by atoms with Gasteiger partial charge in [0.2, 0.25) is 5.78 Å². The van der Waals surface area contributed by atoms with E-state index in [1.807, 2.05) is 0 Å². The number of hydrogen-bond acceptors (Lipinski definition) is 5. The molecule has 0 saturated heterocycles. The van der Waals surface area contributed by atoms with Gasteiger partial charge >= 0.3 is 0 Å². The van der Waals surface area contributed by atoms with E-state index in [2.05, 4.69) is 0 Å². The van der Waals surface area contributed by atoms with Gasteiger partial charge in [-0.1, -0.05) is 6.07 Å². The van der Waals surface area contributed by atoms with Crippen LogP contribution in [-0.2, 0) is 0 Å². The predicted molar refractivity (Wildman–Crippen MR) is 70.1 cm³/mol. The van der Waals surface area contributed by atoms with Gasteiger partial charge in [-0.3, -0.25) is 4.79 Å². The van der Waals surface area contributed by atoms with Crippen molar-refractivity contribution in [1.29, 1.82) is 0 Å². The van der Waals surface area contributed by atoms with Crippen LogP contribution in [0.25, 0.3) is 0 Å². The maximum atomic E-state index is 12.4. The maximum absolute atomic E-state index is 12.4. The molecule has 0 aromatic heterocycles. The van der Waals surface area contributed by atoms with Crippen molar-refractivity contribution in [2.45, 2.75) is 13.0 Å². The first-order valence-corrected chi connectivity index (χ1v) is 6.02. The van der Waals surface area contributed by atoms with Crippen LogP contribution in [0.1, 0.15) is 38.7 Å². The molecule has 1 unspecified atom stereocenters. The molecule has 20 heavy (non-hydrogen) atoms. The lowest BCUT2D eigenvalue weighted by Gasteiger charge is -2.25. The molecule has 3 rings (SSSR count). The van der Waals surface area contributed by atoms with Crippen molar-refractivity contribution in [3.8, 4) is 17.2 Å². The number of hydrogen-bond donors (Lipinski definition) is 4. The first kappa shape index (κ1) is 12.5. The van der Waals surface area contributed by atoms with Crippen LogP contribution >= 0.6 is 0 Å². The average molecular weight is 272 g/mol. The van der Waals surface area contributed by atoms with Crippen LogP contribution in [0.4, 0.5) is 0 Å². The minimum absolute atomic E-state index is 0.0170. The molecular formula is C15H12O5. The Morgan fingerprint density at radius 1 is 0.900 bits per heavy atom. The van der Waals surface area contributed by atoms with Crippen molar-refractivity contribution in [3.63, 3.8) is 0 Å². The third-order valence-electron chi connectivity index (χ3n) is 3.47. The van der Waals surface area contributed by atoms with Crippen LogP contribution in [0.3, 0.4) is 0 Å². The Bertz CT molecular complexity index is 687. The van der Waals surface area contributed by atoms with Crippen LogP contribution in [0.2, 0.25) is 0 Å². The van der Waals surface area contributed by atoms with Crippen molar-refractivity contribution in [3.05, 3.63) is 52.1 Å². The van der Waals surface area contributed by atoms with E-state index in [1.165, 1.54) is 12.1 Å². The SMILES string of the molecule is Cc1cc(O)c2c(c1)C(O)c1cc(O)cc(O)c1C2=O. The molecule has 0 amide bonds. The lowest BCUT2D eigenvalue weighted by molar-refractivity contribution is 0.101. The van der Waals surface area contributed by atoms with E-state index >= 15 is 0 Å².